The Morgan fingerprint density at radius 3 is 2.59 bits per heavy atom. The minimum atomic E-state index is -0.509. The third kappa shape index (κ3) is 5.47. The first kappa shape index (κ1) is 13.7. The molecule has 4 nitrogen and oxygen atoms in total. The van der Waals surface area contributed by atoms with Gasteiger partial charge in [0.1, 0.15) is 0 Å². The molecule has 0 aliphatic rings. The summed E-state index contributed by atoms with van der Waals surface area (Å²) in [6.07, 6.45) is 0.653. The summed E-state index contributed by atoms with van der Waals surface area (Å²) < 4.78 is 0. The van der Waals surface area contributed by atoms with Crippen LogP contribution in [-0.2, 0) is 16.2 Å². The van der Waals surface area contributed by atoms with Crippen molar-refractivity contribution in [2.24, 2.45) is 11.7 Å². The summed E-state index contributed by atoms with van der Waals surface area (Å²) in [6.45, 7) is 4.40. The predicted molar refractivity (Wildman–Crippen MR) is 66.8 cm³/mol. The standard InChI is InChI=1S/C13H20N2O2/c1-10(2)8-12(14)13(16)15-17-9-11-6-4-3-5-7-11/h3-7,10,12H,8-9,14H2,1-2H3,(H,15,16)/t12-/m1/s1. The Balaban J connectivity index is 2.24. The molecule has 1 aromatic rings. The smallest absolute Gasteiger partial charge is 0.260 e. The molecule has 0 fully saturated rings. The Kier molecular flexibility index (Phi) is 5.66. The van der Waals surface area contributed by atoms with Crippen molar-refractivity contribution >= 4 is 5.91 Å². The van der Waals surface area contributed by atoms with Crippen LogP contribution in [0.2, 0.25) is 0 Å². The van der Waals surface area contributed by atoms with Crippen molar-refractivity contribution in [3.63, 3.8) is 0 Å². The van der Waals surface area contributed by atoms with E-state index in [1.165, 1.54) is 0 Å². The van der Waals surface area contributed by atoms with Crippen LogP contribution in [0.25, 0.3) is 0 Å². The Bertz CT molecular complexity index is 339. The van der Waals surface area contributed by atoms with Gasteiger partial charge in [0.05, 0.1) is 12.6 Å². The zero-order valence-electron chi connectivity index (χ0n) is 10.3. The zero-order valence-corrected chi connectivity index (χ0v) is 10.3. The first-order valence-corrected chi connectivity index (χ1v) is 5.80. The second kappa shape index (κ2) is 7.04. The van der Waals surface area contributed by atoms with Crippen molar-refractivity contribution in [1.29, 1.82) is 0 Å². The van der Waals surface area contributed by atoms with Crippen LogP contribution in [0.4, 0.5) is 0 Å². The summed E-state index contributed by atoms with van der Waals surface area (Å²) in [5, 5.41) is 0. The maximum atomic E-state index is 11.5. The lowest BCUT2D eigenvalue weighted by molar-refractivity contribution is -0.136. The van der Waals surface area contributed by atoms with Gasteiger partial charge in [0, 0.05) is 0 Å². The van der Waals surface area contributed by atoms with Crippen molar-refractivity contribution in [3.05, 3.63) is 35.9 Å². The summed E-state index contributed by atoms with van der Waals surface area (Å²) in [4.78, 5) is 16.6. The van der Waals surface area contributed by atoms with E-state index in [0.29, 0.717) is 18.9 Å². The number of amides is 1. The number of rotatable bonds is 6. The summed E-state index contributed by atoms with van der Waals surface area (Å²) in [5.41, 5.74) is 9.08. The largest absolute Gasteiger partial charge is 0.320 e. The van der Waals surface area contributed by atoms with E-state index in [1.807, 2.05) is 44.2 Å². The summed E-state index contributed by atoms with van der Waals surface area (Å²) >= 11 is 0. The van der Waals surface area contributed by atoms with Gasteiger partial charge in [-0.25, -0.2) is 5.48 Å². The summed E-state index contributed by atoms with van der Waals surface area (Å²) in [5.74, 6) is 0.125. The lowest BCUT2D eigenvalue weighted by Crippen LogP contribution is -2.41. The second-order valence-corrected chi connectivity index (χ2v) is 4.48. The average Bonchev–Trinajstić information content (AvgIpc) is 2.29. The molecule has 0 radical (unpaired) electrons. The highest BCUT2D eigenvalue weighted by Gasteiger charge is 2.14. The molecule has 1 aromatic carbocycles. The monoisotopic (exact) mass is 236 g/mol. The Morgan fingerprint density at radius 1 is 1.35 bits per heavy atom. The van der Waals surface area contributed by atoms with E-state index in [2.05, 4.69) is 5.48 Å². The quantitative estimate of drug-likeness (QED) is 0.737. The number of hydrogen-bond acceptors (Lipinski definition) is 3. The number of hydrogen-bond donors (Lipinski definition) is 2. The van der Waals surface area contributed by atoms with E-state index in [9.17, 15) is 4.79 Å². The van der Waals surface area contributed by atoms with Gasteiger partial charge < -0.3 is 5.73 Å². The van der Waals surface area contributed by atoms with E-state index in [1.54, 1.807) is 0 Å². The minimum absolute atomic E-state index is 0.269. The van der Waals surface area contributed by atoms with Gasteiger partial charge in [-0.3, -0.25) is 9.63 Å². The number of carbonyl (C=O) groups excluding carboxylic acids is 1. The van der Waals surface area contributed by atoms with Gasteiger partial charge in [0.25, 0.3) is 5.91 Å². The molecule has 0 aliphatic carbocycles. The number of nitrogens with two attached hydrogens (primary N) is 1. The highest BCUT2D eigenvalue weighted by molar-refractivity contribution is 5.80. The van der Waals surface area contributed by atoms with Gasteiger partial charge in [-0.15, -0.1) is 0 Å². The van der Waals surface area contributed by atoms with Crippen LogP contribution in [0, 0.1) is 5.92 Å². The van der Waals surface area contributed by atoms with Crippen molar-refractivity contribution in [3.8, 4) is 0 Å². The van der Waals surface area contributed by atoms with Crippen molar-refractivity contribution < 1.29 is 9.63 Å². The molecule has 0 spiro atoms. The summed E-state index contributed by atoms with van der Waals surface area (Å²) in [6, 6.07) is 9.13. The third-order valence-corrected chi connectivity index (χ3v) is 2.32. The van der Waals surface area contributed by atoms with E-state index >= 15 is 0 Å². The molecule has 17 heavy (non-hydrogen) atoms. The number of hydroxylamine groups is 1. The van der Waals surface area contributed by atoms with Crippen molar-refractivity contribution in [2.45, 2.75) is 32.9 Å². The molecule has 0 aliphatic heterocycles. The molecule has 4 heteroatoms. The van der Waals surface area contributed by atoms with Crippen LogP contribution in [0.1, 0.15) is 25.8 Å². The maximum Gasteiger partial charge on any atom is 0.260 e. The minimum Gasteiger partial charge on any atom is -0.320 e. The molecule has 0 unspecified atom stereocenters. The number of carbonyl (C=O) groups is 1. The second-order valence-electron chi connectivity index (χ2n) is 4.48. The van der Waals surface area contributed by atoms with Crippen molar-refractivity contribution in [2.75, 3.05) is 0 Å². The molecule has 0 aromatic heterocycles. The number of nitrogens with one attached hydrogen (secondary N) is 1. The van der Waals surface area contributed by atoms with E-state index in [-0.39, 0.29) is 5.91 Å². The van der Waals surface area contributed by atoms with Crippen LogP contribution in [0.15, 0.2) is 30.3 Å². The Morgan fingerprint density at radius 2 is 2.00 bits per heavy atom. The Labute approximate surface area is 102 Å². The molecule has 1 rings (SSSR count). The predicted octanol–water partition coefficient (Wildman–Crippen LogP) is 1.61. The molecule has 3 N–H and O–H groups in total. The van der Waals surface area contributed by atoms with Gasteiger partial charge in [-0.05, 0) is 17.9 Å². The lowest BCUT2D eigenvalue weighted by Gasteiger charge is -2.13. The molecular weight excluding hydrogens is 216 g/mol. The van der Waals surface area contributed by atoms with Crippen LogP contribution >= 0.6 is 0 Å². The first-order valence-electron chi connectivity index (χ1n) is 5.80. The van der Waals surface area contributed by atoms with E-state index in [0.717, 1.165) is 5.56 Å². The molecule has 0 saturated carbocycles. The fourth-order valence-electron chi connectivity index (χ4n) is 1.46. The molecular formula is C13H20N2O2. The van der Waals surface area contributed by atoms with Crippen molar-refractivity contribution in [1.82, 2.24) is 5.48 Å². The topological polar surface area (TPSA) is 64.4 Å². The normalized spacial score (nSPS) is 12.5. The lowest BCUT2D eigenvalue weighted by atomic mass is 10.0. The fraction of sp³-hybridized carbons (Fsp3) is 0.462. The summed E-state index contributed by atoms with van der Waals surface area (Å²) in [7, 11) is 0. The van der Waals surface area contributed by atoms with Gasteiger partial charge in [-0.1, -0.05) is 44.2 Å². The molecule has 0 heterocycles. The van der Waals surface area contributed by atoms with Gasteiger partial charge in [0.15, 0.2) is 0 Å². The van der Waals surface area contributed by atoms with Crippen LogP contribution in [-0.4, -0.2) is 11.9 Å². The maximum absolute atomic E-state index is 11.5. The van der Waals surface area contributed by atoms with Crippen LogP contribution in [0.3, 0.4) is 0 Å². The Hall–Kier alpha value is -1.39. The SMILES string of the molecule is CC(C)C[C@@H](N)C(=O)NOCc1ccccc1. The average molecular weight is 236 g/mol. The molecule has 0 saturated heterocycles. The molecule has 1 amide bonds. The zero-order chi connectivity index (χ0) is 12.7. The van der Waals surface area contributed by atoms with Gasteiger partial charge in [-0.2, -0.15) is 0 Å². The van der Waals surface area contributed by atoms with Crippen LogP contribution in [0.5, 0.6) is 0 Å². The molecule has 1 atom stereocenters. The highest BCUT2D eigenvalue weighted by Crippen LogP contribution is 2.03. The fourth-order valence-corrected chi connectivity index (χ4v) is 1.46. The van der Waals surface area contributed by atoms with E-state index in [4.69, 9.17) is 10.6 Å². The highest BCUT2D eigenvalue weighted by atomic mass is 16.6. The first-order chi connectivity index (χ1) is 8.09. The molecule has 0 bridgehead atoms. The van der Waals surface area contributed by atoms with Gasteiger partial charge in [0.2, 0.25) is 0 Å². The number of benzene rings is 1. The van der Waals surface area contributed by atoms with Crippen LogP contribution < -0.4 is 11.2 Å². The molecule has 94 valence electrons. The third-order valence-electron chi connectivity index (χ3n) is 2.32. The van der Waals surface area contributed by atoms with Gasteiger partial charge >= 0.3 is 0 Å². The van der Waals surface area contributed by atoms with E-state index < -0.39 is 6.04 Å².